The first kappa shape index (κ1) is 18.1. The van der Waals surface area contributed by atoms with Crippen LogP contribution >= 0.6 is 0 Å². The number of hydrazine groups is 1. The van der Waals surface area contributed by atoms with E-state index in [1.54, 1.807) is 5.01 Å². The van der Waals surface area contributed by atoms with Crippen molar-refractivity contribution in [2.75, 3.05) is 13.2 Å². The van der Waals surface area contributed by atoms with Crippen LogP contribution in [0.2, 0.25) is 0 Å². The fraction of sp³-hybridized carbons (Fsp3) is 0.842. The molecule has 4 atom stereocenters. The molecule has 0 aromatic rings. The number of nitrogens with zero attached hydrogens (tertiary/aromatic N) is 1. The number of allylic oxidation sites excluding steroid dienone is 1. The van der Waals surface area contributed by atoms with Gasteiger partial charge in [-0.25, -0.2) is 5.84 Å². The highest BCUT2D eigenvalue weighted by atomic mass is 16.6. The van der Waals surface area contributed by atoms with Gasteiger partial charge in [0.15, 0.2) is 0 Å². The molecule has 1 amide bonds. The fourth-order valence-electron chi connectivity index (χ4n) is 4.57. The van der Waals surface area contributed by atoms with Gasteiger partial charge in [0.1, 0.15) is 12.2 Å². The van der Waals surface area contributed by atoms with Crippen molar-refractivity contribution in [2.24, 2.45) is 23.4 Å². The van der Waals surface area contributed by atoms with E-state index in [4.69, 9.17) is 21.1 Å². The average Bonchev–Trinajstić information content (AvgIpc) is 3.28. The predicted molar refractivity (Wildman–Crippen MR) is 97.4 cm³/mol. The molecule has 0 spiro atoms. The Labute approximate surface area is 155 Å². The average molecular weight is 364 g/mol. The molecule has 0 bridgehead atoms. The Morgan fingerprint density at radius 2 is 1.81 bits per heavy atom. The SMILES string of the molecule is NC(=CN(N)C1COC2C(NC(=O)C3CC3)COC21)CC1CCCCC1. The van der Waals surface area contributed by atoms with Crippen molar-refractivity contribution in [1.82, 2.24) is 10.3 Å². The van der Waals surface area contributed by atoms with E-state index in [1.165, 1.54) is 32.1 Å². The topological polar surface area (TPSA) is 103 Å². The van der Waals surface area contributed by atoms with Crippen molar-refractivity contribution in [2.45, 2.75) is 75.7 Å². The molecule has 2 saturated carbocycles. The maximum atomic E-state index is 12.0. The Kier molecular flexibility index (Phi) is 5.38. The summed E-state index contributed by atoms with van der Waals surface area (Å²) in [6, 6.07) is -0.136. The van der Waals surface area contributed by atoms with E-state index in [1.807, 2.05) is 6.20 Å². The summed E-state index contributed by atoms with van der Waals surface area (Å²) in [4.78, 5) is 12.0. The number of hydrogen-bond donors (Lipinski definition) is 3. The number of nitrogens with one attached hydrogen (secondary N) is 1. The monoisotopic (exact) mass is 364 g/mol. The molecule has 5 N–H and O–H groups in total. The van der Waals surface area contributed by atoms with Gasteiger partial charge in [-0.1, -0.05) is 32.1 Å². The molecule has 2 aliphatic heterocycles. The Morgan fingerprint density at radius 1 is 1.08 bits per heavy atom. The summed E-state index contributed by atoms with van der Waals surface area (Å²) in [5.74, 6) is 7.29. The van der Waals surface area contributed by atoms with Crippen molar-refractivity contribution >= 4 is 5.91 Å². The van der Waals surface area contributed by atoms with Crippen LogP contribution in [-0.2, 0) is 14.3 Å². The third kappa shape index (κ3) is 4.00. The minimum atomic E-state index is -0.123. The van der Waals surface area contributed by atoms with Gasteiger partial charge in [0.25, 0.3) is 0 Å². The summed E-state index contributed by atoms with van der Waals surface area (Å²) in [5.41, 5.74) is 7.08. The number of carbonyl (C=O) groups is 1. The first-order valence-electron chi connectivity index (χ1n) is 10.1. The smallest absolute Gasteiger partial charge is 0.223 e. The molecule has 4 fully saturated rings. The number of nitrogens with two attached hydrogens (primary N) is 2. The van der Waals surface area contributed by atoms with E-state index in [-0.39, 0.29) is 36.1 Å². The molecule has 7 heteroatoms. The Hall–Kier alpha value is -1.31. The summed E-state index contributed by atoms with van der Waals surface area (Å²) >= 11 is 0. The van der Waals surface area contributed by atoms with Gasteiger partial charge >= 0.3 is 0 Å². The van der Waals surface area contributed by atoms with Crippen LogP contribution in [0.1, 0.15) is 51.4 Å². The van der Waals surface area contributed by atoms with Gasteiger partial charge in [-0.3, -0.25) is 4.79 Å². The Morgan fingerprint density at radius 3 is 2.54 bits per heavy atom. The summed E-state index contributed by atoms with van der Waals surface area (Å²) in [7, 11) is 0. The molecular formula is C19H32N4O3. The minimum absolute atomic E-state index is 0.0623. The van der Waals surface area contributed by atoms with Crippen LogP contribution in [-0.4, -0.2) is 48.4 Å². The largest absolute Gasteiger partial charge is 0.401 e. The van der Waals surface area contributed by atoms with E-state index >= 15 is 0 Å². The molecule has 0 aromatic heterocycles. The van der Waals surface area contributed by atoms with Crippen LogP contribution in [0.5, 0.6) is 0 Å². The lowest BCUT2D eigenvalue weighted by molar-refractivity contribution is -0.123. The molecular weight excluding hydrogens is 332 g/mol. The highest BCUT2D eigenvalue weighted by Crippen LogP contribution is 2.33. The second-order valence-corrected chi connectivity index (χ2v) is 8.41. The van der Waals surface area contributed by atoms with Crippen LogP contribution in [0.15, 0.2) is 11.9 Å². The van der Waals surface area contributed by atoms with Crippen molar-refractivity contribution in [3.63, 3.8) is 0 Å². The van der Waals surface area contributed by atoms with Gasteiger partial charge in [-0.2, -0.15) is 0 Å². The lowest BCUT2D eigenvalue weighted by Crippen LogP contribution is -2.48. The molecule has 4 aliphatic rings. The summed E-state index contributed by atoms with van der Waals surface area (Å²) in [6.45, 7) is 0.980. The Bertz CT molecular complexity index is 545. The Balaban J connectivity index is 1.30. The summed E-state index contributed by atoms with van der Waals surface area (Å²) in [5, 5.41) is 4.74. The van der Waals surface area contributed by atoms with E-state index in [9.17, 15) is 4.79 Å². The van der Waals surface area contributed by atoms with Crippen LogP contribution in [0, 0.1) is 11.8 Å². The van der Waals surface area contributed by atoms with Gasteiger partial charge in [0.05, 0.1) is 25.3 Å². The molecule has 7 nitrogen and oxygen atoms in total. The highest BCUT2D eigenvalue weighted by Gasteiger charge is 2.50. The second-order valence-electron chi connectivity index (χ2n) is 8.41. The maximum absolute atomic E-state index is 12.0. The maximum Gasteiger partial charge on any atom is 0.223 e. The molecule has 26 heavy (non-hydrogen) atoms. The summed E-state index contributed by atoms with van der Waals surface area (Å²) in [6.07, 6.45) is 11.0. The molecule has 2 saturated heterocycles. The predicted octanol–water partition coefficient (Wildman–Crippen LogP) is 0.994. The van der Waals surface area contributed by atoms with Gasteiger partial charge in [-0.05, 0) is 25.2 Å². The number of carbonyl (C=O) groups excluding carboxylic acids is 1. The second kappa shape index (κ2) is 7.74. The molecule has 4 unspecified atom stereocenters. The van der Waals surface area contributed by atoms with E-state index in [0.717, 1.165) is 25.0 Å². The quantitative estimate of drug-likeness (QED) is 0.480. The van der Waals surface area contributed by atoms with Gasteiger partial charge in [0, 0.05) is 17.8 Å². The van der Waals surface area contributed by atoms with Crippen LogP contribution in [0.4, 0.5) is 0 Å². The zero-order valence-corrected chi connectivity index (χ0v) is 15.4. The third-order valence-corrected chi connectivity index (χ3v) is 6.25. The zero-order chi connectivity index (χ0) is 18.1. The highest BCUT2D eigenvalue weighted by molar-refractivity contribution is 5.81. The van der Waals surface area contributed by atoms with Crippen molar-refractivity contribution in [1.29, 1.82) is 0 Å². The molecule has 0 aromatic carbocycles. The lowest BCUT2D eigenvalue weighted by atomic mass is 9.86. The molecule has 0 radical (unpaired) electrons. The van der Waals surface area contributed by atoms with Crippen LogP contribution in [0.3, 0.4) is 0 Å². The number of hydrogen-bond acceptors (Lipinski definition) is 6. The van der Waals surface area contributed by atoms with E-state index in [2.05, 4.69) is 5.32 Å². The molecule has 2 heterocycles. The van der Waals surface area contributed by atoms with Crippen LogP contribution in [0.25, 0.3) is 0 Å². The number of fused-ring (bicyclic) bond motifs is 1. The van der Waals surface area contributed by atoms with Gasteiger partial charge in [-0.15, -0.1) is 0 Å². The third-order valence-electron chi connectivity index (χ3n) is 6.25. The lowest BCUT2D eigenvalue weighted by Gasteiger charge is -2.27. The minimum Gasteiger partial charge on any atom is -0.401 e. The number of ether oxygens (including phenoxy) is 2. The molecule has 146 valence electrons. The van der Waals surface area contributed by atoms with Gasteiger partial charge < -0.3 is 25.5 Å². The summed E-state index contributed by atoms with van der Waals surface area (Å²) < 4.78 is 11.8. The first-order valence-corrected chi connectivity index (χ1v) is 10.1. The van der Waals surface area contributed by atoms with E-state index < -0.39 is 0 Å². The van der Waals surface area contributed by atoms with Crippen molar-refractivity contribution in [3.8, 4) is 0 Å². The standard InChI is InChI=1S/C19H32N4O3/c20-14(8-12-4-2-1-3-5-12)9-23(21)16-11-26-17-15(10-25-18(16)17)22-19(24)13-6-7-13/h9,12-13,15-18H,1-8,10-11,20-21H2,(H,22,24). The number of amides is 1. The van der Waals surface area contributed by atoms with Crippen molar-refractivity contribution < 1.29 is 14.3 Å². The van der Waals surface area contributed by atoms with Crippen LogP contribution < -0.4 is 16.9 Å². The number of rotatable bonds is 6. The normalized spacial score (nSPS) is 35.3. The van der Waals surface area contributed by atoms with E-state index in [0.29, 0.717) is 19.1 Å². The zero-order valence-electron chi connectivity index (χ0n) is 15.4. The molecule has 4 rings (SSSR count). The van der Waals surface area contributed by atoms with Gasteiger partial charge in [0.2, 0.25) is 5.91 Å². The first-order chi connectivity index (χ1) is 12.6. The van der Waals surface area contributed by atoms with Crippen molar-refractivity contribution in [3.05, 3.63) is 11.9 Å². The molecule has 2 aliphatic carbocycles. The fourth-order valence-corrected chi connectivity index (χ4v) is 4.57.